The summed E-state index contributed by atoms with van der Waals surface area (Å²) in [5.41, 5.74) is 6.79. The van der Waals surface area contributed by atoms with Crippen molar-refractivity contribution in [1.82, 2.24) is 0 Å². The van der Waals surface area contributed by atoms with Crippen molar-refractivity contribution in [3.8, 4) is 0 Å². The number of primary amides is 1. The van der Waals surface area contributed by atoms with Crippen LogP contribution in [0.1, 0.15) is 53.4 Å². The molecule has 3 N–H and O–H groups in total. The van der Waals surface area contributed by atoms with Crippen molar-refractivity contribution in [2.45, 2.75) is 45.4 Å². The molecule has 0 aromatic carbocycles. The van der Waals surface area contributed by atoms with Crippen LogP contribution >= 0.6 is 11.3 Å². The Balaban J connectivity index is 2.20. The van der Waals surface area contributed by atoms with E-state index >= 15 is 0 Å². The first-order valence-electron chi connectivity index (χ1n) is 7.36. The normalized spacial score (nSPS) is 16.9. The molecule has 1 aromatic heterocycles. The Kier molecular flexibility index (Phi) is 5.18. The lowest BCUT2D eigenvalue weighted by molar-refractivity contribution is -0.305. The highest BCUT2D eigenvalue weighted by Crippen LogP contribution is 2.40. The summed E-state index contributed by atoms with van der Waals surface area (Å²) in [6, 6.07) is 0. The fraction of sp³-hybridized carbons (Fsp3) is 0.533. The zero-order valence-corrected chi connectivity index (χ0v) is 13.3. The summed E-state index contributed by atoms with van der Waals surface area (Å²) in [6.07, 6.45) is 3.25. The van der Waals surface area contributed by atoms with Crippen LogP contribution in [-0.4, -0.2) is 17.8 Å². The summed E-state index contributed by atoms with van der Waals surface area (Å²) in [6.45, 7) is 2.14. The van der Waals surface area contributed by atoms with Crippen molar-refractivity contribution in [1.29, 1.82) is 0 Å². The van der Waals surface area contributed by atoms with Crippen molar-refractivity contribution in [2.75, 3.05) is 5.32 Å². The summed E-state index contributed by atoms with van der Waals surface area (Å²) in [5.74, 6) is -1.69. The maximum atomic E-state index is 11.8. The van der Waals surface area contributed by atoms with Gasteiger partial charge in [0.25, 0.3) is 5.91 Å². The molecule has 22 heavy (non-hydrogen) atoms. The minimum atomic E-state index is -1.28. The van der Waals surface area contributed by atoms with Crippen LogP contribution in [0.15, 0.2) is 0 Å². The van der Waals surface area contributed by atoms with Gasteiger partial charge >= 0.3 is 0 Å². The van der Waals surface area contributed by atoms with Crippen LogP contribution in [0.2, 0.25) is 0 Å². The van der Waals surface area contributed by atoms with Gasteiger partial charge < -0.3 is 21.0 Å². The highest BCUT2D eigenvalue weighted by Gasteiger charge is 2.27. The molecular weight excluding hydrogens is 304 g/mol. The predicted octanol–water partition coefficient (Wildman–Crippen LogP) is 0.830. The molecule has 1 aliphatic carbocycles. The number of nitrogens with two attached hydrogens (primary N) is 1. The van der Waals surface area contributed by atoms with Gasteiger partial charge in [-0.3, -0.25) is 9.59 Å². The molecule has 2 amide bonds. The molecule has 0 aliphatic heterocycles. The van der Waals surface area contributed by atoms with E-state index < -0.39 is 17.8 Å². The van der Waals surface area contributed by atoms with Gasteiger partial charge in [0.2, 0.25) is 5.91 Å². The number of carboxylic acids is 1. The second-order valence-electron chi connectivity index (χ2n) is 5.51. The number of anilines is 1. The minimum absolute atomic E-state index is 0.180. The second kappa shape index (κ2) is 6.91. The minimum Gasteiger partial charge on any atom is -0.550 e. The Labute approximate surface area is 132 Å². The number of carbonyl (C=O) groups is 3. The van der Waals surface area contributed by atoms with Gasteiger partial charge in [-0.25, -0.2) is 0 Å². The fourth-order valence-electron chi connectivity index (χ4n) is 2.76. The lowest BCUT2D eigenvalue weighted by Gasteiger charge is -2.20. The van der Waals surface area contributed by atoms with Gasteiger partial charge in [-0.15, -0.1) is 11.3 Å². The molecule has 120 valence electrons. The molecule has 0 unspecified atom stereocenters. The molecule has 7 heteroatoms. The van der Waals surface area contributed by atoms with Crippen molar-refractivity contribution >= 4 is 34.1 Å². The van der Waals surface area contributed by atoms with E-state index in [1.807, 2.05) is 0 Å². The third-order valence-electron chi connectivity index (χ3n) is 4.00. The van der Waals surface area contributed by atoms with E-state index in [-0.39, 0.29) is 12.8 Å². The molecule has 0 radical (unpaired) electrons. The van der Waals surface area contributed by atoms with Gasteiger partial charge in [0, 0.05) is 17.3 Å². The van der Waals surface area contributed by atoms with Crippen LogP contribution in [0.25, 0.3) is 0 Å². The van der Waals surface area contributed by atoms with Gasteiger partial charge in [0.05, 0.1) is 5.56 Å². The number of carbonyl (C=O) groups excluding carboxylic acids is 3. The molecule has 1 atom stereocenters. The topological polar surface area (TPSA) is 112 Å². The maximum absolute atomic E-state index is 11.8. The van der Waals surface area contributed by atoms with Gasteiger partial charge in [-0.1, -0.05) is 13.3 Å². The van der Waals surface area contributed by atoms with Crippen LogP contribution in [0.5, 0.6) is 0 Å². The molecular formula is C15H19N2O4S-. The average Bonchev–Trinajstić information content (AvgIpc) is 2.81. The Morgan fingerprint density at radius 2 is 2.09 bits per heavy atom. The molecule has 1 aromatic rings. The third-order valence-corrected chi connectivity index (χ3v) is 5.17. The van der Waals surface area contributed by atoms with E-state index in [4.69, 9.17) is 5.73 Å². The van der Waals surface area contributed by atoms with Crippen LogP contribution in [0.3, 0.4) is 0 Å². The molecule has 0 spiro atoms. The molecule has 0 fully saturated rings. The number of hydrogen-bond donors (Lipinski definition) is 2. The molecule has 0 saturated carbocycles. The van der Waals surface area contributed by atoms with Crippen LogP contribution < -0.4 is 16.2 Å². The highest BCUT2D eigenvalue weighted by molar-refractivity contribution is 7.17. The van der Waals surface area contributed by atoms with Crippen molar-refractivity contribution in [2.24, 2.45) is 11.7 Å². The molecule has 1 aliphatic rings. The lowest BCUT2D eigenvalue weighted by Crippen LogP contribution is -2.24. The maximum Gasteiger partial charge on any atom is 0.251 e. The summed E-state index contributed by atoms with van der Waals surface area (Å²) in [4.78, 5) is 35.0. The smallest absolute Gasteiger partial charge is 0.251 e. The lowest BCUT2D eigenvalue weighted by atomic mass is 9.85. The van der Waals surface area contributed by atoms with E-state index in [9.17, 15) is 19.5 Å². The van der Waals surface area contributed by atoms with Gasteiger partial charge in [0.1, 0.15) is 5.00 Å². The summed E-state index contributed by atoms with van der Waals surface area (Å²) >= 11 is 1.38. The molecule has 0 bridgehead atoms. The Bertz CT molecular complexity index is 609. The van der Waals surface area contributed by atoms with E-state index in [2.05, 4.69) is 12.2 Å². The SMILES string of the molecule is CC[C@H]1CCc2c(sc(NC(=O)CCC(=O)[O-])c2C(N)=O)C1. The first-order valence-corrected chi connectivity index (χ1v) is 8.18. The van der Waals surface area contributed by atoms with Gasteiger partial charge in [-0.05, 0) is 37.2 Å². The standard InChI is InChI=1S/C15H20N2O4S/c1-2-8-3-4-9-10(7-8)22-15(13(9)14(16)21)17-11(18)5-6-12(19)20/h8H,2-7H2,1H3,(H2,16,21)(H,17,18)(H,19,20)/p-1/t8-/m0/s1. The molecule has 2 rings (SSSR count). The first kappa shape index (κ1) is 16.5. The quantitative estimate of drug-likeness (QED) is 0.807. The summed E-state index contributed by atoms with van der Waals surface area (Å²) < 4.78 is 0. The summed E-state index contributed by atoms with van der Waals surface area (Å²) in [7, 11) is 0. The van der Waals surface area contributed by atoms with E-state index in [0.29, 0.717) is 16.5 Å². The fourth-order valence-corrected chi connectivity index (χ4v) is 4.14. The van der Waals surface area contributed by atoms with Gasteiger partial charge in [-0.2, -0.15) is 0 Å². The average molecular weight is 323 g/mol. The van der Waals surface area contributed by atoms with E-state index in [1.54, 1.807) is 0 Å². The van der Waals surface area contributed by atoms with Crippen molar-refractivity contribution in [3.05, 3.63) is 16.0 Å². The number of nitrogens with one attached hydrogen (secondary N) is 1. The zero-order valence-electron chi connectivity index (χ0n) is 12.4. The number of carboxylic acid groups (broad SMARTS) is 1. The number of amides is 2. The molecule has 6 nitrogen and oxygen atoms in total. The zero-order chi connectivity index (χ0) is 16.3. The van der Waals surface area contributed by atoms with Crippen molar-refractivity contribution < 1.29 is 19.5 Å². The van der Waals surface area contributed by atoms with Gasteiger partial charge in [0.15, 0.2) is 0 Å². The largest absolute Gasteiger partial charge is 0.550 e. The van der Waals surface area contributed by atoms with Crippen molar-refractivity contribution in [3.63, 3.8) is 0 Å². The first-order chi connectivity index (χ1) is 10.4. The second-order valence-corrected chi connectivity index (χ2v) is 6.61. The number of fused-ring (bicyclic) bond motifs is 1. The number of aliphatic carboxylic acids is 1. The van der Waals surface area contributed by atoms with Crippen LogP contribution in [0, 0.1) is 5.92 Å². The summed E-state index contributed by atoms with van der Waals surface area (Å²) in [5, 5.41) is 13.5. The molecule has 0 saturated heterocycles. The van der Waals surface area contributed by atoms with Crippen LogP contribution in [-0.2, 0) is 22.4 Å². The predicted molar refractivity (Wildman–Crippen MR) is 81.5 cm³/mol. The monoisotopic (exact) mass is 323 g/mol. The number of rotatable bonds is 6. The number of thiophene rings is 1. The third kappa shape index (κ3) is 3.65. The van der Waals surface area contributed by atoms with E-state index in [1.165, 1.54) is 11.3 Å². The Hall–Kier alpha value is -1.89. The van der Waals surface area contributed by atoms with Crippen LogP contribution in [0.4, 0.5) is 5.00 Å². The Morgan fingerprint density at radius 1 is 1.36 bits per heavy atom. The number of hydrogen-bond acceptors (Lipinski definition) is 5. The highest BCUT2D eigenvalue weighted by atomic mass is 32.1. The Morgan fingerprint density at radius 3 is 2.68 bits per heavy atom. The van der Waals surface area contributed by atoms with E-state index in [0.717, 1.165) is 36.1 Å². The molecule has 1 heterocycles.